The van der Waals surface area contributed by atoms with E-state index < -0.39 is 18.6 Å². The van der Waals surface area contributed by atoms with Gasteiger partial charge in [0.25, 0.3) is 0 Å². The Labute approximate surface area is 185 Å². The van der Waals surface area contributed by atoms with Gasteiger partial charge in [0.15, 0.2) is 5.96 Å². The Balaban J connectivity index is 0.00000392. The molecule has 0 aromatic heterocycles. The molecule has 10 heteroatoms. The fourth-order valence-electron chi connectivity index (χ4n) is 2.87. The first-order valence-corrected chi connectivity index (χ1v) is 9.71. The number of alkyl halides is 3. The van der Waals surface area contributed by atoms with Crippen LogP contribution in [0.3, 0.4) is 0 Å². The van der Waals surface area contributed by atoms with Crippen molar-refractivity contribution in [3.63, 3.8) is 0 Å². The summed E-state index contributed by atoms with van der Waals surface area (Å²) in [5.74, 6) is 1.42. The molecule has 1 aliphatic heterocycles. The summed E-state index contributed by atoms with van der Waals surface area (Å²) in [5.41, 5.74) is 0. The lowest BCUT2D eigenvalue weighted by Crippen LogP contribution is -2.46. The zero-order chi connectivity index (χ0) is 19.9. The van der Waals surface area contributed by atoms with Crippen molar-refractivity contribution in [1.82, 2.24) is 15.1 Å². The molecule has 1 heterocycles. The molecule has 0 aliphatic carbocycles. The van der Waals surface area contributed by atoms with Crippen LogP contribution in [-0.2, 0) is 4.79 Å². The normalized spacial score (nSPS) is 17.2. The Kier molecular flexibility index (Phi) is 10.4. The van der Waals surface area contributed by atoms with Crippen molar-refractivity contribution in [1.29, 1.82) is 0 Å². The van der Waals surface area contributed by atoms with Gasteiger partial charge >= 0.3 is 6.18 Å². The fourth-order valence-corrected chi connectivity index (χ4v) is 3.92. The number of hydrogen-bond donors (Lipinski definition) is 1. The van der Waals surface area contributed by atoms with Crippen molar-refractivity contribution in [2.24, 2.45) is 10.9 Å². The molecule has 1 saturated heterocycles. The summed E-state index contributed by atoms with van der Waals surface area (Å²) >= 11 is 1.81. The Hall–Kier alpha value is -1.17. The number of nitrogens with one attached hydrogen (secondary N) is 1. The van der Waals surface area contributed by atoms with E-state index >= 15 is 0 Å². The average molecular weight is 530 g/mol. The minimum Gasteiger partial charge on any atom is -0.347 e. The summed E-state index contributed by atoms with van der Waals surface area (Å²) in [5, 5.41) is 2.88. The molecule has 0 radical (unpaired) electrons. The van der Waals surface area contributed by atoms with Crippen LogP contribution in [0.1, 0.15) is 6.42 Å². The lowest BCUT2D eigenvalue weighted by molar-refractivity contribution is -0.157. The summed E-state index contributed by atoms with van der Waals surface area (Å²) in [6.45, 7) is 0.159. The van der Waals surface area contributed by atoms with Crippen LogP contribution in [-0.4, -0.2) is 73.9 Å². The van der Waals surface area contributed by atoms with E-state index in [-0.39, 0.29) is 30.5 Å². The maximum atomic E-state index is 12.4. The maximum absolute atomic E-state index is 12.4. The van der Waals surface area contributed by atoms with Gasteiger partial charge in [-0.05, 0) is 24.5 Å². The molecule has 2 rings (SSSR count). The van der Waals surface area contributed by atoms with E-state index in [4.69, 9.17) is 0 Å². The average Bonchev–Trinajstić information content (AvgIpc) is 3.08. The minimum atomic E-state index is -4.40. The van der Waals surface area contributed by atoms with E-state index in [0.29, 0.717) is 16.8 Å². The highest BCUT2D eigenvalue weighted by molar-refractivity contribution is 14.0. The molecule has 1 N–H and O–H groups in total. The molecule has 1 aromatic carbocycles. The quantitative estimate of drug-likeness (QED) is 0.266. The number of nitrogens with zero attached hydrogens (tertiary/aromatic N) is 3. The van der Waals surface area contributed by atoms with Crippen LogP contribution < -0.4 is 5.32 Å². The van der Waals surface area contributed by atoms with Crippen molar-refractivity contribution in [3.8, 4) is 0 Å². The highest BCUT2D eigenvalue weighted by Gasteiger charge is 2.31. The number of likely N-dealkylation sites (tertiary alicyclic amines) is 1. The third-order valence-electron chi connectivity index (χ3n) is 4.27. The van der Waals surface area contributed by atoms with E-state index in [1.54, 1.807) is 7.05 Å². The summed E-state index contributed by atoms with van der Waals surface area (Å²) in [6.07, 6.45) is -3.38. The van der Waals surface area contributed by atoms with Crippen LogP contribution in [0.5, 0.6) is 0 Å². The van der Waals surface area contributed by atoms with Gasteiger partial charge in [0.1, 0.15) is 6.54 Å². The van der Waals surface area contributed by atoms with Gasteiger partial charge in [-0.25, -0.2) is 0 Å². The molecular weight excluding hydrogens is 504 g/mol. The van der Waals surface area contributed by atoms with E-state index in [1.165, 1.54) is 4.90 Å². The highest BCUT2D eigenvalue weighted by Crippen LogP contribution is 2.25. The molecule has 1 aromatic rings. The molecule has 1 atom stereocenters. The second-order valence-electron chi connectivity index (χ2n) is 6.49. The summed E-state index contributed by atoms with van der Waals surface area (Å²) in [7, 11) is 2.76. The number of rotatable bonds is 6. The van der Waals surface area contributed by atoms with Gasteiger partial charge in [-0.3, -0.25) is 9.79 Å². The van der Waals surface area contributed by atoms with E-state index in [1.807, 2.05) is 34.9 Å². The summed E-state index contributed by atoms with van der Waals surface area (Å²) < 4.78 is 37.1. The van der Waals surface area contributed by atoms with E-state index in [0.717, 1.165) is 32.3 Å². The number of hydrogen-bond acceptors (Lipinski definition) is 3. The Bertz CT molecular complexity index is 645. The monoisotopic (exact) mass is 530 g/mol. The van der Waals surface area contributed by atoms with E-state index in [2.05, 4.69) is 22.4 Å². The first kappa shape index (κ1) is 24.9. The highest BCUT2D eigenvalue weighted by atomic mass is 127. The van der Waals surface area contributed by atoms with Gasteiger partial charge in [-0.2, -0.15) is 13.2 Å². The summed E-state index contributed by atoms with van der Waals surface area (Å²) in [4.78, 5) is 20.0. The zero-order valence-corrected chi connectivity index (χ0v) is 19.1. The SMILES string of the molecule is CN=C(NCC(=O)N(C)CC(F)(F)F)N1CCC(CSc2ccccc2)C1.I. The predicted octanol–water partition coefficient (Wildman–Crippen LogP) is 3.31. The summed E-state index contributed by atoms with van der Waals surface area (Å²) in [6, 6.07) is 10.2. The van der Waals surface area contributed by atoms with Crippen LogP contribution in [0, 0.1) is 5.92 Å². The largest absolute Gasteiger partial charge is 0.406 e. The van der Waals surface area contributed by atoms with Crippen molar-refractivity contribution >= 4 is 47.6 Å². The number of carbonyl (C=O) groups excluding carboxylic acids is 1. The van der Waals surface area contributed by atoms with Gasteiger partial charge in [0.05, 0.1) is 6.54 Å². The molecular formula is C18H26F3IN4OS. The number of aliphatic imine (C=N–C) groups is 1. The van der Waals surface area contributed by atoms with Crippen LogP contribution in [0.4, 0.5) is 13.2 Å². The van der Waals surface area contributed by atoms with Gasteiger partial charge in [0, 0.05) is 37.8 Å². The lowest BCUT2D eigenvalue weighted by atomic mass is 10.2. The third kappa shape index (κ3) is 8.46. The molecule has 0 spiro atoms. The Morgan fingerprint density at radius 1 is 1.36 bits per heavy atom. The smallest absolute Gasteiger partial charge is 0.347 e. The Morgan fingerprint density at radius 2 is 2.04 bits per heavy atom. The predicted molar refractivity (Wildman–Crippen MR) is 117 cm³/mol. The first-order valence-electron chi connectivity index (χ1n) is 8.72. The molecule has 0 saturated carbocycles. The Morgan fingerprint density at radius 3 is 2.64 bits per heavy atom. The van der Waals surface area contributed by atoms with Gasteiger partial charge in [0.2, 0.25) is 5.91 Å². The van der Waals surface area contributed by atoms with Crippen LogP contribution >= 0.6 is 35.7 Å². The third-order valence-corrected chi connectivity index (χ3v) is 5.51. The number of thioether (sulfide) groups is 1. The van der Waals surface area contributed by atoms with Crippen molar-refractivity contribution in [2.45, 2.75) is 17.5 Å². The molecule has 28 heavy (non-hydrogen) atoms. The second-order valence-corrected chi connectivity index (χ2v) is 7.58. The molecule has 1 aliphatic rings. The number of benzene rings is 1. The van der Waals surface area contributed by atoms with Crippen LogP contribution in [0.15, 0.2) is 40.2 Å². The second kappa shape index (κ2) is 11.7. The molecule has 1 fully saturated rings. The number of guanidine groups is 1. The van der Waals surface area contributed by atoms with E-state index in [9.17, 15) is 18.0 Å². The molecule has 5 nitrogen and oxygen atoms in total. The van der Waals surface area contributed by atoms with Gasteiger partial charge < -0.3 is 15.1 Å². The van der Waals surface area contributed by atoms with Gasteiger partial charge in [-0.15, -0.1) is 35.7 Å². The number of halogens is 4. The maximum Gasteiger partial charge on any atom is 0.406 e. The molecule has 1 unspecified atom stereocenters. The fraction of sp³-hybridized carbons (Fsp3) is 0.556. The number of amides is 1. The lowest BCUT2D eigenvalue weighted by Gasteiger charge is -2.23. The topological polar surface area (TPSA) is 47.9 Å². The number of carbonyl (C=O) groups is 1. The van der Waals surface area contributed by atoms with Crippen LogP contribution in [0.2, 0.25) is 0 Å². The molecule has 1 amide bonds. The minimum absolute atomic E-state index is 0. The zero-order valence-electron chi connectivity index (χ0n) is 15.9. The van der Waals surface area contributed by atoms with Crippen LogP contribution in [0.25, 0.3) is 0 Å². The number of likely N-dealkylation sites (N-methyl/N-ethyl adjacent to an activating group) is 1. The first-order chi connectivity index (χ1) is 12.8. The van der Waals surface area contributed by atoms with Crippen molar-refractivity contribution in [3.05, 3.63) is 30.3 Å². The van der Waals surface area contributed by atoms with Crippen molar-refractivity contribution in [2.75, 3.05) is 46.0 Å². The van der Waals surface area contributed by atoms with Crippen molar-refractivity contribution < 1.29 is 18.0 Å². The standard InChI is InChI=1S/C18H25F3N4OS.HI/c1-22-17(23-10-16(26)24(2)13-18(19,20)21)25-9-8-14(11-25)12-27-15-6-4-3-5-7-15;/h3-7,14H,8-13H2,1-2H3,(H,22,23);1H. The molecule has 0 bridgehead atoms. The molecule has 158 valence electrons. The van der Waals surface area contributed by atoms with Gasteiger partial charge in [-0.1, -0.05) is 18.2 Å².